The highest BCUT2D eigenvalue weighted by Gasteiger charge is 2.29. The van der Waals surface area contributed by atoms with Crippen LogP contribution in [0.4, 0.5) is 4.79 Å². The normalized spacial score (nSPS) is 13.3. The summed E-state index contributed by atoms with van der Waals surface area (Å²) in [5.41, 5.74) is 4.62. The maximum absolute atomic E-state index is 12.1. The van der Waals surface area contributed by atoms with Crippen LogP contribution in [0.25, 0.3) is 11.1 Å². The Kier molecular flexibility index (Phi) is 7.28. The topological polar surface area (TPSA) is 105 Å². The number of carboxylic acid groups (broad SMARTS) is 1. The highest BCUT2D eigenvalue weighted by Crippen LogP contribution is 2.44. The van der Waals surface area contributed by atoms with Gasteiger partial charge in [0.25, 0.3) is 0 Å². The summed E-state index contributed by atoms with van der Waals surface area (Å²) < 4.78 is 5.45. The van der Waals surface area contributed by atoms with Gasteiger partial charge in [0.1, 0.15) is 12.6 Å². The van der Waals surface area contributed by atoms with Crippen LogP contribution in [0.15, 0.2) is 48.5 Å². The van der Waals surface area contributed by atoms with Gasteiger partial charge in [0.2, 0.25) is 5.91 Å². The van der Waals surface area contributed by atoms with E-state index in [-0.39, 0.29) is 37.3 Å². The minimum Gasteiger partial charge on any atom is -0.480 e. The zero-order valence-electron chi connectivity index (χ0n) is 17.8. The van der Waals surface area contributed by atoms with Crippen molar-refractivity contribution in [3.63, 3.8) is 0 Å². The van der Waals surface area contributed by atoms with Gasteiger partial charge in [-0.15, -0.1) is 0 Å². The van der Waals surface area contributed by atoms with E-state index in [1.54, 1.807) is 13.8 Å². The van der Waals surface area contributed by atoms with Crippen molar-refractivity contribution in [2.75, 3.05) is 13.2 Å². The van der Waals surface area contributed by atoms with Crippen LogP contribution in [0, 0.1) is 5.92 Å². The molecule has 1 aliphatic rings. The van der Waals surface area contributed by atoms with Gasteiger partial charge in [-0.3, -0.25) is 4.79 Å². The van der Waals surface area contributed by atoms with Crippen molar-refractivity contribution < 1.29 is 24.2 Å². The van der Waals surface area contributed by atoms with Crippen LogP contribution in [0.2, 0.25) is 0 Å². The lowest BCUT2D eigenvalue weighted by Crippen LogP contribution is -2.44. The van der Waals surface area contributed by atoms with Crippen LogP contribution in [-0.4, -0.2) is 42.3 Å². The molecular formula is C24H28N2O5. The summed E-state index contributed by atoms with van der Waals surface area (Å²) >= 11 is 0. The van der Waals surface area contributed by atoms with Crippen LogP contribution in [0.5, 0.6) is 0 Å². The average molecular weight is 424 g/mol. The number of nitrogens with one attached hydrogen (secondary N) is 2. The summed E-state index contributed by atoms with van der Waals surface area (Å²) in [5, 5.41) is 14.3. The summed E-state index contributed by atoms with van der Waals surface area (Å²) in [4.78, 5) is 35.2. The molecule has 3 N–H and O–H groups in total. The van der Waals surface area contributed by atoms with E-state index in [0.29, 0.717) is 6.42 Å². The zero-order chi connectivity index (χ0) is 22.4. The van der Waals surface area contributed by atoms with Gasteiger partial charge in [0.15, 0.2) is 0 Å². The molecule has 0 bridgehead atoms. The van der Waals surface area contributed by atoms with Gasteiger partial charge in [-0.25, -0.2) is 9.59 Å². The Labute approximate surface area is 181 Å². The van der Waals surface area contributed by atoms with E-state index in [1.807, 2.05) is 24.3 Å². The van der Waals surface area contributed by atoms with Crippen LogP contribution < -0.4 is 10.6 Å². The molecule has 164 valence electrons. The average Bonchev–Trinajstić information content (AvgIpc) is 3.07. The first-order valence-electron chi connectivity index (χ1n) is 10.5. The van der Waals surface area contributed by atoms with Crippen molar-refractivity contribution in [1.29, 1.82) is 0 Å². The van der Waals surface area contributed by atoms with E-state index in [4.69, 9.17) is 9.84 Å². The Morgan fingerprint density at radius 1 is 1.00 bits per heavy atom. The predicted molar refractivity (Wildman–Crippen MR) is 117 cm³/mol. The number of rotatable bonds is 9. The highest BCUT2D eigenvalue weighted by atomic mass is 16.5. The van der Waals surface area contributed by atoms with E-state index in [1.165, 1.54) is 11.1 Å². The van der Waals surface area contributed by atoms with Gasteiger partial charge in [0.05, 0.1) is 0 Å². The summed E-state index contributed by atoms with van der Waals surface area (Å²) in [6, 6.07) is 15.3. The van der Waals surface area contributed by atoms with Crippen LogP contribution in [0.3, 0.4) is 0 Å². The third-order valence-electron chi connectivity index (χ3n) is 5.44. The molecule has 0 fully saturated rings. The van der Waals surface area contributed by atoms with Crippen molar-refractivity contribution >= 4 is 18.0 Å². The molecule has 0 spiro atoms. The zero-order valence-corrected chi connectivity index (χ0v) is 17.8. The monoisotopic (exact) mass is 424 g/mol. The lowest BCUT2D eigenvalue weighted by molar-refractivity contribution is -0.143. The number of benzene rings is 2. The Hall–Kier alpha value is -3.35. The van der Waals surface area contributed by atoms with E-state index < -0.39 is 18.1 Å². The van der Waals surface area contributed by atoms with E-state index >= 15 is 0 Å². The molecule has 0 aromatic heterocycles. The fraction of sp³-hybridized carbons (Fsp3) is 0.375. The number of alkyl carbamates (subject to hydrolysis) is 1. The first-order valence-corrected chi connectivity index (χ1v) is 10.5. The molecule has 1 aliphatic carbocycles. The minimum absolute atomic E-state index is 0.00656. The molecule has 0 heterocycles. The Morgan fingerprint density at radius 3 is 2.13 bits per heavy atom. The largest absolute Gasteiger partial charge is 0.480 e. The summed E-state index contributed by atoms with van der Waals surface area (Å²) in [7, 11) is 0. The summed E-state index contributed by atoms with van der Waals surface area (Å²) in [5.74, 6) is -1.62. The molecule has 2 amide bonds. The summed E-state index contributed by atoms with van der Waals surface area (Å²) in [6.45, 7) is 3.97. The Morgan fingerprint density at radius 2 is 1.58 bits per heavy atom. The fourth-order valence-electron chi connectivity index (χ4n) is 3.85. The molecule has 2 aromatic carbocycles. The lowest BCUT2D eigenvalue weighted by Gasteiger charge is -2.18. The Bertz CT molecular complexity index is 911. The number of hydrogen-bond acceptors (Lipinski definition) is 4. The highest BCUT2D eigenvalue weighted by molar-refractivity contribution is 5.83. The molecule has 1 atom stereocenters. The second-order valence-corrected chi connectivity index (χ2v) is 7.98. The molecule has 7 nitrogen and oxygen atoms in total. The quantitative estimate of drug-likeness (QED) is 0.534. The second-order valence-electron chi connectivity index (χ2n) is 7.98. The molecule has 0 aliphatic heterocycles. The van der Waals surface area contributed by atoms with E-state index in [0.717, 1.165) is 11.1 Å². The molecule has 0 saturated heterocycles. The number of carbonyl (C=O) groups excluding carboxylic acids is 2. The van der Waals surface area contributed by atoms with Gasteiger partial charge in [-0.1, -0.05) is 62.4 Å². The number of carbonyl (C=O) groups is 3. The molecule has 0 saturated carbocycles. The molecule has 2 aromatic rings. The maximum Gasteiger partial charge on any atom is 0.407 e. The van der Waals surface area contributed by atoms with Gasteiger partial charge < -0.3 is 20.5 Å². The first kappa shape index (κ1) is 22.3. The van der Waals surface area contributed by atoms with Crippen molar-refractivity contribution in [3.8, 4) is 11.1 Å². The maximum atomic E-state index is 12.1. The molecule has 1 unspecified atom stereocenters. The van der Waals surface area contributed by atoms with Gasteiger partial charge in [0, 0.05) is 18.9 Å². The molecular weight excluding hydrogens is 396 g/mol. The molecule has 31 heavy (non-hydrogen) atoms. The Balaban J connectivity index is 1.43. The smallest absolute Gasteiger partial charge is 0.407 e. The number of ether oxygens (including phenoxy) is 1. The number of carboxylic acids is 1. The third-order valence-corrected chi connectivity index (χ3v) is 5.44. The van der Waals surface area contributed by atoms with E-state index in [2.05, 4.69) is 34.9 Å². The fourth-order valence-corrected chi connectivity index (χ4v) is 3.85. The first-order chi connectivity index (χ1) is 14.9. The van der Waals surface area contributed by atoms with Gasteiger partial charge >= 0.3 is 12.1 Å². The lowest BCUT2D eigenvalue weighted by atomic mass is 9.98. The number of fused-ring (bicyclic) bond motifs is 3. The van der Waals surface area contributed by atoms with Gasteiger partial charge in [-0.2, -0.15) is 0 Å². The third kappa shape index (κ3) is 5.42. The van der Waals surface area contributed by atoms with Crippen molar-refractivity contribution in [2.45, 2.75) is 38.6 Å². The van der Waals surface area contributed by atoms with Crippen molar-refractivity contribution in [2.24, 2.45) is 5.92 Å². The van der Waals surface area contributed by atoms with Crippen LogP contribution in [-0.2, 0) is 14.3 Å². The number of amides is 2. The van der Waals surface area contributed by atoms with Crippen molar-refractivity contribution in [1.82, 2.24) is 10.6 Å². The number of hydrogen-bond donors (Lipinski definition) is 3. The minimum atomic E-state index is -1.06. The van der Waals surface area contributed by atoms with Crippen molar-refractivity contribution in [3.05, 3.63) is 59.7 Å². The molecule has 0 radical (unpaired) electrons. The SMILES string of the molecule is CC(C)C(NC(=O)CCCNC(=O)OCC1c2ccccc2-c2ccccc21)C(=O)O. The predicted octanol–water partition coefficient (Wildman–Crippen LogP) is 3.53. The molecule has 7 heteroatoms. The number of aliphatic carboxylic acids is 1. The standard InChI is InChI=1S/C24H28N2O5/c1-15(2)22(23(28)29)26-21(27)12-7-13-25-24(30)31-14-20-18-10-5-3-8-16(18)17-9-4-6-11-19(17)20/h3-6,8-11,15,20,22H,7,12-14H2,1-2H3,(H,25,30)(H,26,27)(H,28,29). The summed E-state index contributed by atoms with van der Waals surface area (Å²) in [6.07, 6.45) is -0.0199. The van der Waals surface area contributed by atoms with Gasteiger partial charge in [-0.05, 0) is 34.6 Å². The van der Waals surface area contributed by atoms with Crippen LogP contribution in [0.1, 0.15) is 43.7 Å². The van der Waals surface area contributed by atoms with E-state index in [9.17, 15) is 14.4 Å². The molecule has 3 rings (SSSR count). The second kappa shape index (κ2) is 10.1. The van der Waals surface area contributed by atoms with Crippen LogP contribution >= 0.6 is 0 Å².